The van der Waals surface area contributed by atoms with Crippen molar-refractivity contribution in [1.82, 2.24) is 0 Å². The fraction of sp³-hybridized carbons (Fsp3) is 0. The zero-order chi connectivity index (χ0) is 16.1. The number of para-hydroxylation sites is 1. The predicted molar refractivity (Wildman–Crippen MR) is 82.9 cm³/mol. The monoisotopic (exact) mass is 318 g/mol. The highest BCUT2D eigenvalue weighted by Crippen LogP contribution is 2.35. The van der Waals surface area contributed by atoms with E-state index in [1.165, 1.54) is 18.2 Å². The maximum absolute atomic E-state index is 11.2. The van der Waals surface area contributed by atoms with E-state index in [2.05, 4.69) is 0 Å². The Morgan fingerprint density at radius 2 is 1.95 bits per heavy atom. The van der Waals surface area contributed by atoms with Crippen LogP contribution >= 0.6 is 11.6 Å². The maximum atomic E-state index is 11.2. The Morgan fingerprint density at radius 1 is 1.23 bits per heavy atom. The van der Waals surface area contributed by atoms with Crippen LogP contribution in [0.2, 0.25) is 5.02 Å². The normalized spacial score (nSPS) is 10.6. The molecule has 0 fully saturated rings. The molecule has 7 heteroatoms. The van der Waals surface area contributed by atoms with Crippen molar-refractivity contribution >= 4 is 29.3 Å². The number of ether oxygens (including phenoxy) is 1. The standard InChI is InChI=1S/C15H11ClN2O4/c16-11-3-1-2-4-13(11)22-14-7-5-10(6-8-15(17)19)9-12(14)18(20)21/h1-9H,(H2,17,19)/b8-6+. The molecule has 0 heterocycles. The van der Waals surface area contributed by atoms with Gasteiger partial charge in [-0.15, -0.1) is 0 Å². The molecule has 6 nitrogen and oxygen atoms in total. The van der Waals surface area contributed by atoms with E-state index in [1.807, 2.05) is 0 Å². The molecule has 0 aliphatic rings. The average Bonchev–Trinajstić information content (AvgIpc) is 2.48. The van der Waals surface area contributed by atoms with Crippen molar-refractivity contribution in [2.24, 2.45) is 5.73 Å². The van der Waals surface area contributed by atoms with E-state index >= 15 is 0 Å². The number of hydrogen-bond donors (Lipinski definition) is 1. The van der Waals surface area contributed by atoms with Crippen LogP contribution in [0.3, 0.4) is 0 Å². The Kier molecular flexibility index (Phi) is 4.75. The van der Waals surface area contributed by atoms with Gasteiger partial charge in [0, 0.05) is 12.1 Å². The summed E-state index contributed by atoms with van der Waals surface area (Å²) in [7, 11) is 0. The summed E-state index contributed by atoms with van der Waals surface area (Å²) in [5.41, 5.74) is 5.20. The molecule has 22 heavy (non-hydrogen) atoms. The molecule has 0 atom stereocenters. The lowest BCUT2D eigenvalue weighted by Gasteiger charge is -2.08. The van der Waals surface area contributed by atoms with Crippen molar-refractivity contribution in [2.75, 3.05) is 0 Å². The van der Waals surface area contributed by atoms with Crippen LogP contribution in [0, 0.1) is 10.1 Å². The molecule has 0 aromatic heterocycles. The molecule has 1 amide bonds. The van der Waals surface area contributed by atoms with E-state index in [0.29, 0.717) is 16.3 Å². The molecule has 0 saturated carbocycles. The second-order valence-electron chi connectivity index (χ2n) is 4.25. The summed E-state index contributed by atoms with van der Waals surface area (Å²) in [6.45, 7) is 0. The van der Waals surface area contributed by atoms with Gasteiger partial charge in [-0.25, -0.2) is 0 Å². The van der Waals surface area contributed by atoms with Crippen LogP contribution in [0.25, 0.3) is 6.08 Å². The Hall–Kier alpha value is -2.86. The number of nitro groups is 1. The number of halogens is 1. The summed E-state index contributed by atoms with van der Waals surface area (Å²) in [6.07, 6.45) is 2.50. The van der Waals surface area contributed by atoms with E-state index in [9.17, 15) is 14.9 Å². The van der Waals surface area contributed by atoms with Gasteiger partial charge in [0.2, 0.25) is 11.7 Å². The number of benzene rings is 2. The lowest BCUT2D eigenvalue weighted by atomic mass is 10.1. The van der Waals surface area contributed by atoms with Gasteiger partial charge in [-0.05, 0) is 29.8 Å². The summed E-state index contributed by atoms with van der Waals surface area (Å²) >= 11 is 5.96. The van der Waals surface area contributed by atoms with Crippen LogP contribution in [0.4, 0.5) is 5.69 Å². The van der Waals surface area contributed by atoms with Gasteiger partial charge in [-0.2, -0.15) is 0 Å². The van der Waals surface area contributed by atoms with E-state index in [0.717, 1.165) is 6.08 Å². The van der Waals surface area contributed by atoms with Gasteiger partial charge in [0.15, 0.2) is 0 Å². The maximum Gasteiger partial charge on any atom is 0.312 e. The second-order valence-corrected chi connectivity index (χ2v) is 4.66. The molecular formula is C15H11ClN2O4. The number of nitrogens with zero attached hydrogens (tertiary/aromatic N) is 1. The predicted octanol–water partition coefficient (Wildman–Crippen LogP) is 3.54. The number of amides is 1. The van der Waals surface area contributed by atoms with Gasteiger partial charge >= 0.3 is 5.69 Å². The quantitative estimate of drug-likeness (QED) is 0.518. The molecule has 112 valence electrons. The Morgan fingerprint density at radius 3 is 2.59 bits per heavy atom. The Balaban J connectivity index is 2.37. The molecular weight excluding hydrogens is 308 g/mol. The fourth-order valence-corrected chi connectivity index (χ4v) is 1.87. The van der Waals surface area contributed by atoms with E-state index in [4.69, 9.17) is 22.1 Å². The average molecular weight is 319 g/mol. The summed E-state index contributed by atoms with van der Waals surface area (Å²) in [5.74, 6) is -0.277. The second kappa shape index (κ2) is 6.73. The molecule has 2 N–H and O–H groups in total. The number of nitrogens with two attached hydrogens (primary N) is 1. The molecule has 0 saturated heterocycles. The third kappa shape index (κ3) is 3.83. The first kappa shape index (κ1) is 15.5. The Labute approximate surface area is 130 Å². The van der Waals surface area contributed by atoms with Crippen molar-refractivity contribution in [3.05, 3.63) is 69.2 Å². The largest absolute Gasteiger partial charge is 0.449 e. The topological polar surface area (TPSA) is 95.5 Å². The van der Waals surface area contributed by atoms with Crippen LogP contribution in [0.15, 0.2) is 48.5 Å². The lowest BCUT2D eigenvalue weighted by Crippen LogP contribution is -2.05. The van der Waals surface area contributed by atoms with Crippen molar-refractivity contribution in [1.29, 1.82) is 0 Å². The molecule has 2 aromatic rings. The summed E-state index contributed by atoms with van der Waals surface area (Å²) in [6, 6.07) is 10.9. The first-order chi connectivity index (χ1) is 10.5. The molecule has 0 aliphatic carbocycles. The van der Waals surface area contributed by atoms with Crippen LogP contribution in [0.1, 0.15) is 5.56 Å². The number of hydrogen-bond acceptors (Lipinski definition) is 4. The highest BCUT2D eigenvalue weighted by atomic mass is 35.5. The smallest absolute Gasteiger partial charge is 0.312 e. The van der Waals surface area contributed by atoms with Crippen molar-refractivity contribution in [2.45, 2.75) is 0 Å². The number of carbonyl (C=O) groups is 1. The zero-order valence-electron chi connectivity index (χ0n) is 11.2. The van der Waals surface area contributed by atoms with Gasteiger partial charge in [0.1, 0.15) is 5.75 Å². The van der Waals surface area contributed by atoms with Gasteiger partial charge in [-0.1, -0.05) is 29.8 Å². The molecule has 0 bridgehead atoms. The third-order valence-electron chi connectivity index (χ3n) is 2.68. The van der Waals surface area contributed by atoms with E-state index < -0.39 is 10.8 Å². The van der Waals surface area contributed by atoms with E-state index in [-0.39, 0.29) is 11.4 Å². The molecule has 0 radical (unpaired) electrons. The highest BCUT2D eigenvalue weighted by Gasteiger charge is 2.17. The fourth-order valence-electron chi connectivity index (χ4n) is 1.69. The van der Waals surface area contributed by atoms with Gasteiger partial charge in [0.25, 0.3) is 0 Å². The lowest BCUT2D eigenvalue weighted by molar-refractivity contribution is -0.385. The summed E-state index contributed by atoms with van der Waals surface area (Å²) in [4.78, 5) is 21.3. The van der Waals surface area contributed by atoms with Gasteiger partial charge in [-0.3, -0.25) is 14.9 Å². The van der Waals surface area contributed by atoms with Gasteiger partial charge < -0.3 is 10.5 Å². The number of carbonyl (C=O) groups excluding carboxylic acids is 1. The SMILES string of the molecule is NC(=O)/C=C/c1ccc(Oc2ccccc2Cl)c([N+](=O)[O-])c1. The Bertz CT molecular complexity index is 759. The van der Waals surface area contributed by atoms with Gasteiger partial charge in [0.05, 0.1) is 9.95 Å². The van der Waals surface area contributed by atoms with Crippen LogP contribution < -0.4 is 10.5 Å². The number of nitro benzene ring substituents is 1. The molecule has 0 aliphatic heterocycles. The highest BCUT2D eigenvalue weighted by molar-refractivity contribution is 6.32. The minimum absolute atomic E-state index is 0.0503. The molecule has 2 rings (SSSR count). The van der Waals surface area contributed by atoms with Crippen LogP contribution in [0.5, 0.6) is 11.5 Å². The first-order valence-electron chi connectivity index (χ1n) is 6.15. The molecule has 0 unspecified atom stereocenters. The minimum atomic E-state index is -0.640. The molecule has 2 aromatic carbocycles. The third-order valence-corrected chi connectivity index (χ3v) is 2.99. The van der Waals surface area contributed by atoms with E-state index in [1.54, 1.807) is 30.3 Å². The first-order valence-corrected chi connectivity index (χ1v) is 6.53. The number of rotatable bonds is 5. The van der Waals surface area contributed by atoms with Crippen molar-refractivity contribution < 1.29 is 14.5 Å². The summed E-state index contributed by atoms with van der Waals surface area (Å²) in [5, 5.41) is 11.5. The van der Waals surface area contributed by atoms with Crippen molar-refractivity contribution in [3.8, 4) is 11.5 Å². The number of primary amides is 1. The minimum Gasteiger partial charge on any atom is -0.449 e. The van der Waals surface area contributed by atoms with Crippen LogP contribution in [-0.4, -0.2) is 10.8 Å². The van der Waals surface area contributed by atoms with Crippen molar-refractivity contribution in [3.63, 3.8) is 0 Å². The van der Waals surface area contributed by atoms with Crippen LogP contribution in [-0.2, 0) is 4.79 Å². The zero-order valence-corrected chi connectivity index (χ0v) is 12.0. The molecule has 0 spiro atoms. The summed E-state index contributed by atoms with van der Waals surface area (Å²) < 4.78 is 5.49.